The Morgan fingerprint density at radius 1 is 0.917 bits per heavy atom. The van der Waals surface area contributed by atoms with E-state index in [1.54, 1.807) is 48.5 Å². The third-order valence-electron chi connectivity index (χ3n) is 3.47. The molecule has 1 heterocycles. The summed E-state index contributed by atoms with van der Waals surface area (Å²) in [7, 11) is 0. The molecule has 6 nitrogen and oxygen atoms in total. The van der Waals surface area contributed by atoms with Crippen LogP contribution in [0.1, 0.15) is 20.9 Å². The van der Waals surface area contributed by atoms with Crippen molar-refractivity contribution in [1.29, 1.82) is 0 Å². The number of carbonyl (C=O) groups is 2. The molecule has 3 aromatic rings. The summed E-state index contributed by atoms with van der Waals surface area (Å²) in [6.45, 7) is 0. The average Bonchev–Trinajstić information content (AvgIpc) is 3.12. The van der Waals surface area contributed by atoms with Crippen LogP contribution in [-0.2, 0) is 0 Å². The first kappa shape index (κ1) is 15.5. The number of amides is 2. The number of nitrogen functional groups attached to an aromatic ring is 1. The number of nitrogens with one attached hydrogen (secondary N) is 2. The zero-order chi connectivity index (χ0) is 16.9. The van der Waals surface area contributed by atoms with Crippen LogP contribution in [0.15, 0.2) is 71.3 Å². The lowest BCUT2D eigenvalue weighted by molar-refractivity contribution is 0.0926. The van der Waals surface area contributed by atoms with Crippen molar-refractivity contribution in [2.45, 2.75) is 0 Å². The van der Waals surface area contributed by atoms with Gasteiger partial charge < -0.3 is 9.73 Å². The van der Waals surface area contributed by atoms with Crippen LogP contribution >= 0.6 is 0 Å². The van der Waals surface area contributed by atoms with Crippen LogP contribution in [-0.4, -0.2) is 11.8 Å². The maximum absolute atomic E-state index is 12.2. The number of carbonyl (C=O) groups excluding carboxylic acids is 2. The first-order chi connectivity index (χ1) is 11.7. The van der Waals surface area contributed by atoms with Gasteiger partial charge in [-0.25, -0.2) is 5.84 Å². The molecule has 0 fully saturated rings. The minimum Gasteiger partial charge on any atom is -0.458 e. The fraction of sp³-hybridized carbons (Fsp3) is 0. The molecule has 120 valence electrons. The molecule has 1 aromatic heterocycles. The molecule has 0 aliphatic carbocycles. The molecule has 6 heteroatoms. The number of furan rings is 1. The van der Waals surface area contributed by atoms with Gasteiger partial charge in [-0.05, 0) is 35.9 Å². The third kappa shape index (κ3) is 3.18. The number of nitrogens with two attached hydrogens (primary N) is 1. The Balaban J connectivity index is 1.86. The number of anilines is 1. The first-order valence-electron chi connectivity index (χ1n) is 7.24. The average molecular weight is 321 g/mol. The Kier molecular flexibility index (Phi) is 4.40. The predicted molar refractivity (Wildman–Crippen MR) is 90.2 cm³/mol. The van der Waals surface area contributed by atoms with Gasteiger partial charge in [-0.3, -0.25) is 15.0 Å². The lowest BCUT2D eigenvalue weighted by atomic mass is 10.1. The van der Waals surface area contributed by atoms with Crippen molar-refractivity contribution in [3.63, 3.8) is 0 Å². The second kappa shape index (κ2) is 6.80. The van der Waals surface area contributed by atoms with Gasteiger partial charge in [0.25, 0.3) is 5.91 Å². The summed E-state index contributed by atoms with van der Waals surface area (Å²) in [5, 5.41) is 2.83. The molecule has 0 unspecified atom stereocenters. The van der Waals surface area contributed by atoms with Crippen LogP contribution in [0.25, 0.3) is 11.1 Å². The van der Waals surface area contributed by atoms with E-state index in [4.69, 9.17) is 10.3 Å². The molecule has 0 saturated carbocycles. The summed E-state index contributed by atoms with van der Waals surface area (Å²) in [6.07, 6.45) is 1.41. The number of hydrogen-bond acceptors (Lipinski definition) is 4. The molecule has 0 spiro atoms. The van der Waals surface area contributed by atoms with Gasteiger partial charge >= 0.3 is 5.91 Å². The lowest BCUT2D eigenvalue weighted by Crippen LogP contribution is -2.29. The van der Waals surface area contributed by atoms with Crippen molar-refractivity contribution >= 4 is 17.5 Å². The molecular formula is C18H15N3O3. The number of hydrazine groups is 1. The summed E-state index contributed by atoms with van der Waals surface area (Å²) >= 11 is 0. The van der Waals surface area contributed by atoms with Crippen LogP contribution in [0.2, 0.25) is 0 Å². The summed E-state index contributed by atoms with van der Waals surface area (Å²) in [4.78, 5) is 23.9. The summed E-state index contributed by atoms with van der Waals surface area (Å²) in [5.41, 5.74) is 4.54. The van der Waals surface area contributed by atoms with Crippen molar-refractivity contribution in [2.24, 2.45) is 5.84 Å². The van der Waals surface area contributed by atoms with E-state index in [1.807, 2.05) is 17.6 Å². The van der Waals surface area contributed by atoms with Crippen LogP contribution in [0.4, 0.5) is 5.69 Å². The molecule has 0 aliphatic heterocycles. The zero-order valence-corrected chi connectivity index (χ0v) is 12.7. The maximum Gasteiger partial charge on any atom is 0.301 e. The molecule has 0 radical (unpaired) electrons. The van der Waals surface area contributed by atoms with Gasteiger partial charge in [-0.2, -0.15) is 0 Å². The van der Waals surface area contributed by atoms with Crippen LogP contribution < -0.4 is 16.6 Å². The smallest absolute Gasteiger partial charge is 0.301 e. The van der Waals surface area contributed by atoms with Gasteiger partial charge in [0.1, 0.15) is 0 Å². The minimum atomic E-state index is -0.520. The maximum atomic E-state index is 12.2. The van der Waals surface area contributed by atoms with Crippen LogP contribution in [0.3, 0.4) is 0 Å². The van der Waals surface area contributed by atoms with Gasteiger partial charge in [0.2, 0.25) is 0 Å². The molecular weight excluding hydrogens is 306 g/mol. The van der Waals surface area contributed by atoms with Crippen molar-refractivity contribution in [3.05, 3.63) is 78.3 Å². The van der Waals surface area contributed by atoms with Crippen molar-refractivity contribution in [2.75, 3.05) is 5.32 Å². The highest BCUT2D eigenvalue weighted by atomic mass is 16.3. The summed E-state index contributed by atoms with van der Waals surface area (Å²) in [5.74, 6) is 4.54. The second-order valence-electron chi connectivity index (χ2n) is 5.04. The monoisotopic (exact) mass is 321 g/mol. The molecule has 4 N–H and O–H groups in total. The fourth-order valence-corrected chi connectivity index (χ4v) is 2.34. The van der Waals surface area contributed by atoms with Crippen LogP contribution in [0, 0.1) is 0 Å². The van der Waals surface area contributed by atoms with E-state index in [9.17, 15) is 9.59 Å². The second-order valence-corrected chi connectivity index (χ2v) is 5.04. The topological polar surface area (TPSA) is 97.4 Å². The standard InChI is InChI=1S/C18H15N3O3/c19-21-18(23)16-15(9-10-24-16)13-7-4-8-14(11-13)20-17(22)12-5-2-1-3-6-12/h1-11H,19H2,(H,20,22)(H,21,23). The van der Waals surface area contributed by atoms with Crippen LogP contribution in [0.5, 0.6) is 0 Å². The Bertz CT molecular complexity index is 872. The van der Waals surface area contributed by atoms with E-state index < -0.39 is 5.91 Å². The third-order valence-corrected chi connectivity index (χ3v) is 3.47. The van der Waals surface area contributed by atoms with Gasteiger partial charge in [-0.15, -0.1) is 0 Å². The van der Waals surface area contributed by atoms with E-state index in [0.29, 0.717) is 16.8 Å². The van der Waals surface area contributed by atoms with E-state index in [2.05, 4.69) is 5.32 Å². The number of benzene rings is 2. The largest absolute Gasteiger partial charge is 0.458 e. The van der Waals surface area contributed by atoms with E-state index >= 15 is 0 Å². The Morgan fingerprint density at radius 3 is 2.46 bits per heavy atom. The molecule has 2 amide bonds. The van der Waals surface area contributed by atoms with Crippen molar-refractivity contribution in [1.82, 2.24) is 5.43 Å². The SMILES string of the molecule is NNC(=O)c1occc1-c1cccc(NC(=O)c2ccccc2)c1. The Labute approximate surface area is 138 Å². The highest BCUT2D eigenvalue weighted by Crippen LogP contribution is 2.27. The summed E-state index contributed by atoms with van der Waals surface area (Å²) in [6, 6.07) is 17.7. The minimum absolute atomic E-state index is 0.115. The highest BCUT2D eigenvalue weighted by Gasteiger charge is 2.16. The van der Waals surface area contributed by atoms with Gasteiger partial charge in [-0.1, -0.05) is 30.3 Å². The predicted octanol–water partition coefficient (Wildman–Crippen LogP) is 2.80. The van der Waals surface area contributed by atoms with Gasteiger partial charge in [0.15, 0.2) is 5.76 Å². The molecule has 0 atom stereocenters. The lowest BCUT2D eigenvalue weighted by Gasteiger charge is -2.08. The van der Waals surface area contributed by atoms with Crippen molar-refractivity contribution < 1.29 is 14.0 Å². The zero-order valence-electron chi connectivity index (χ0n) is 12.7. The highest BCUT2D eigenvalue weighted by molar-refractivity contribution is 6.04. The normalized spacial score (nSPS) is 10.2. The first-order valence-corrected chi connectivity index (χ1v) is 7.24. The molecule has 0 aliphatic rings. The van der Waals surface area contributed by atoms with E-state index in [0.717, 1.165) is 5.56 Å². The summed E-state index contributed by atoms with van der Waals surface area (Å²) < 4.78 is 5.18. The molecule has 24 heavy (non-hydrogen) atoms. The Hall–Kier alpha value is -3.38. The molecule has 0 saturated heterocycles. The molecule has 0 bridgehead atoms. The van der Waals surface area contributed by atoms with E-state index in [-0.39, 0.29) is 11.7 Å². The van der Waals surface area contributed by atoms with Gasteiger partial charge in [0.05, 0.1) is 6.26 Å². The molecule has 2 aromatic carbocycles. The van der Waals surface area contributed by atoms with Gasteiger partial charge in [0, 0.05) is 16.8 Å². The quantitative estimate of drug-likeness (QED) is 0.391. The Morgan fingerprint density at radius 2 is 1.71 bits per heavy atom. The van der Waals surface area contributed by atoms with E-state index in [1.165, 1.54) is 6.26 Å². The molecule has 3 rings (SSSR count). The fourth-order valence-electron chi connectivity index (χ4n) is 2.34. The number of rotatable bonds is 4. The number of hydrogen-bond donors (Lipinski definition) is 3. The van der Waals surface area contributed by atoms with Crippen molar-refractivity contribution in [3.8, 4) is 11.1 Å².